The first kappa shape index (κ1) is 25.1. The summed E-state index contributed by atoms with van der Waals surface area (Å²) in [6.07, 6.45) is 6.57. The van der Waals surface area contributed by atoms with E-state index in [1.807, 2.05) is 77.7 Å². The highest BCUT2D eigenvalue weighted by Gasteiger charge is 2.22. The normalized spacial score (nSPS) is 10.9. The predicted molar refractivity (Wildman–Crippen MR) is 125 cm³/mol. The minimum Gasteiger partial charge on any atom is -0.465 e. The molecule has 0 aromatic heterocycles. The lowest BCUT2D eigenvalue weighted by Crippen LogP contribution is -2.21. The van der Waals surface area contributed by atoms with Crippen molar-refractivity contribution in [3.63, 3.8) is 0 Å². The Morgan fingerprint density at radius 1 is 0.788 bits per heavy atom. The fraction of sp³-hybridized carbons (Fsp3) is 0.192. The number of carbonyl (C=O) groups excluding carboxylic acids is 3. The molecule has 172 valence electrons. The number of ether oxygens (including phenoxy) is 3. The minimum atomic E-state index is -0.921. The Kier molecular flexibility index (Phi) is 10.1. The molecule has 0 radical (unpaired) electrons. The molecule has 33 heavy (non-hydrogen) atoms. The topological polar surface area (TPSA) is 82.1 Å². The molecule has 0 fully saturated rings. The van der Waals surface area contributed by atoms with Crippen LogP contribution in [0.25, 0.3) is 6.08 Å². The van der Waals surface area contributed by atoms with E-state index in [0.717, 1.165) is 31.4 Å². The Bertz CT molecular complexity index is 1010. The van der Waals surface area contributed by atoms with Gasteiger partial charge in [-0.15, -0.1) is 0 Å². The molecule has 0 amide bonds. The number of nitrogens with zero attached hydrogens (tertiary/aromatic N) is 1. The van der Waals surface area contributed by atoms with Crippen LogP contribution in [0.3, 0.4) is 0 Å². The van der Waals surface area contributed by atoms with E-state index in [0.29, 0.717) is 13.1 Å². The van der Waals surface area contributed by atoms with Crippen molar-refractivity contribution < 1.29 is 28.6 Å². The third kappa shape index (κ3) is 8.14. The number of esters is 3. The lowest BCUT2D eigenvalue weighted by atomic mass is 10.1. The fourth-order valence-electron chi connectivity index (χ4n) is 2.91. The van der Waals surface area contributed by atoms with Crippen molar-refractivity contribution in [2.45, 2.75) is 6.54 Å². The summed E-state index contributed by atoms with van der Waals surface area (Å²) in [6.45, 7) is 0.921. The van der Waals surface area contributed by atoms with Gasteiger partial charge in [-0.25, -0.2) is 14.4 Å². The van der Waals surface area contributed by atoms with Crippen LogP contribution in [0.4, 0.5) is 0 Å². The van der Waals surface area contributed by atoms with Gasteiger partial charge < -0.3 is 19.1 Å². The van der Waals surface area contributed by atoms with Gasteiger partial charge in [0.15, 0.2) is 0 Å². The van der Waals surface area contributed by atoms with Gasteiger partial charge >= 0.3 is 17.9 Å². The molecule has 0 saturated carbocycles. The summed E-state index contributed by atoms with van der Waals surface area (Å²) >= 11 is 0. The summed E-state index contributed by atoms with van der Waals surface area (Å²) in [5.41, 5.74) is 1.62. The summed E-state index contributed by atoms with van der Waals surface area (Å²) in [5, 5.41) is 0. The third-order valence-electron chi connectivity index (χ3n) is 4.53. The van der Waals surface area contributed by atoms with Crippen LogP contribution >= 0.6 is 0 Å². The van der Waals surface area contributed by atoms with E-state index in [1.54, 1.807) is 6.20 Å². The quantitative estimate of drug-likeness (QED) is 0.137. The first-order valence-corrected chi connectivity index (χ1v) is 10.2. The molecule has 2 rings (SSSR count). The standard InChI is InChI=1S/C26H27NO6/c1-31-24(28)22(17-23(25(29)32-2)26(30)33-3)19-27(18-21-13-8-5-9-14-21)16-10-15-20-11-6-4-7-12-20/h4-15,17,19H,16,18H2,1-3H3/b15-10+,22-19+. The Morgan fingerprint density at radius 2 is 1.33 bits per heavy atom. The molecular weight excluding hydrogens is 422 g/mol. The number of carbonyl (C=O) groups is 3. The second-order valence-corrected chi connectivity index (χ2v) is 6.85. The van der Waals surface area contributed by atoms with Crippen molar-refractivity contribution in [3.8, 4) is 0 Å². The molecule has 0 aliphatic rings. The van der Waals surface area contributed by atoms with Crippen molar-refractivity contribution in [1.82, 2.24) is 4.90 Å². The highest BCUT2D eigenvalue weighted by molar-refractivity contribution is 6.15. The van der Waals surface area contributed by atoms with Gasteiger partial charge in [-0.1, -0.05) is 72.8 Å². The minimum absolute atomic E-state index is 0.00709. The Morgan fingerprint density at radius 3 is 1.88 bits per heavy atom. The van der Waals surface area contributed by atoms with Crippen LogP contribution in [-0.4, -0.2) is 50.7 Å². The third-order valence-corrected chi connectivity index (χ3v) is 4.53. The molecule has 2 aromatic rings. The smallest absolute Gasteiger partial charge is 0.345 e. The number of methoxy groups -OCH3 is 3. The van der Waals surface area contributed by atoms with Gasteiger partial charge in [0.2, 0.25) is 0 Å². The van der Waals surface area contributed by atoms with E-state index < -0.39 is 23.5 Å². The SMILES string of the molecule is COC(=O)C(=C/C(=C\N(C/C=C/c1ccccc1)Cc1ccccc1)C(=O)OC)C(=O)OC. The summed E-state index contributed by atoms with van der Waals surface area (Å²) in [4.78, 5) is 38.5. The molecule has 0 N–H and O–H groups in total. The van der Waals surface area contributed by atoms with Crippen LogP contribution in [-0.2, 0) is 35.1 Å². The van der Waals surface area contributed by atoms with E-state index in [2.05, 4.69) is 9.47 Å². The van der Waals surface area contributed by atoms with Crippen LogP contribution in [0.1, 0.15) is 11.1 Å². The van der Waals surface area contributed by atoms with Crippen molar-refractivity contribution >= 4 is 24.0 Å². The second-order valence-electron chi connectivity index (χ2n) is 6.85. The van der Waals surface area contributed by atoms with Crippen molar-refractivity contribution in [2.24, 2.45) is 0 Å². The van der Waals surface area contributed by atoms with Gasteiger partial charge in [-0.3, -0.25) is 0 Å². The number of rotatable bonds is 10. The van der Waals surface area contributed by atoms with Gasteiger partial charge in [0.05, 0.1) is 26.9 Å². The molecule has 0 atom stereocenters. The summed E-state index contributed by atoms with van der Waals surface area (Å²) in [7, 11) is 3.49. The van der Waals surface area contributed by atoms with E-state index >= 15 is 0 Å². The lowest BCUT2D eigenvalue weighted by molar-refractivity contribution is -0.144. The molecule has 0 aliphatic heterocycles. The zero-order chi connectivity index (χ0) is 24.1. The lowest BCUT2D eigenvalue weighted by Gasteiger charge is -2.20. The Labute approximate surface area is 193 Å². The molecular formula is C26H27NO6. The highest BCUT2D eigenvalue weighted by atomic mass is 16.5. The Hall–Kier alpha value is -4.13. The maximum Gasteiger partial charge on any atom is 0.345 e. The molecule has 0 heterocycles. The first-order valence-electron chi connectivity index (χ1n) is 10.2. The summed E-state index contributed by atoms with van der Waals surface area (Å²) in [5.74, 6) is -2.56. The average molecular weight is 450 g/mol. The molecule has 0 saturated heterocycles. The van der Waals surface area contributed by atoms with Crippen molar-refractivity contribution in [1.29, 1.82) is 0 Å². The van der Waals surface area contributed by atoms with Gasteiger partial charge in [0.1, 0.15) is 5.57 Å². The number of hydrogen-bond donors (Lipinski definition) is 0. The van der Waals surface area contributed by atoms with E-state index in [4.69, 9.17) is 4.74 Å². The van der Waals surface area contributed by atoms with Crippen molar-refractivity contribution in [2.75, 3.05) is 27.9 Å². The van der Waals surface area contributed by atoms with Crippen molar-refractivity contribution in [3.05, 3.63) is 101 Å². The second kappa shape index (κ2) is 13.3. The van der Waals surface area contributed by atoms with E-state index in [1.165, 1.54) is 7.11 Å². The van der Waals surface area contributed by atoms with Gasteiger partial charge in [-0.2, -0.15) is 0 Å². The predicted octanol–water partition coefficient (Wildman–Crippen LogP) is 3.53. The van der Waals surface area contributed by atoms with Gasteiger partial charge in [-0.05, 0) is 17.2 Å². The summed E-state index contributed by atoms with van der Waals surface area (Å²) < 4.78 is 14.2. The van der Waals surface area contributed by atoms with Crippen LogP contribution in [0.5, 0.6) is 0 Å². The van der Waals surface area contributed by atoms with Crippen LogP contribution in [0.15, 0.2) is 90.2 Å². The number of benzene rings is 2. The maximum atomic E-state index is 12.5. The molecule has 0 aliphatic carbocycles. The van der Waals surface area contributed by atoms with Crippen LogP contribution in [0.2, 0.25) is 0 Å². The summed E-state index contributed by atoms with van der Waals surface area (Å²) in [6, 6.07) is 19.5. The highest BCUT2D eigenvalue weighted by Crippen LogP contribution is 2.13. The van der Waals surface area contributed by atoms with Crippen LogP contribution in [0, 0.1) is 0 Å². The number of hydrogen-bond acceptors (Lipinski definition) is 7. The van der Waals surface area contributed by atoms with E-state index in [9.17, 15) is 14.4 Å². The van der Waals surface area contributed by atoms with E-state index in [-0.39, 0.29) is 5.57 Å². The first-order chi connectivity index (χ1) is 16.0. The molecule has 0 spiro atoms. The molecule has 2 aromatic carbocycles. The largest absolute Gasteiger partial charge is 0.465 e. The monoisotopic (exact) mass is 449 g/mol. The molecule has 7 nitrogen and oxygen atoms in total. The maximum absolute atomic E-state index is 12.5. The molecule has 0 bridgehead atoms. The molecule has 7 heteroatoms. The van der Waals surface area contributed by atoms with Gasteiger partial charge in [0.25, 0.3) is 0 Å². The van der Waals surface area contributed by atoms with Crippen LogP contribution < -0.4 is 0 Å². The Balaban J connectivity index is 2.43. The average Bonchev–Trinajstić information content (AvgIpc) is 2.86. The fourth-order valence-corrected chi connectivity index (χ4v) is 2.91. The molecule has 0 unspecified atom stereocenters. The van der Waals surface area contributed by atoms with Gasteiger partial charge in [0, 0.05) is 19.3 Å². The zero-order valence-corrected chi connectivity index (χ0v) is 18.9. The zero-order valence-electron chi connectivity index (χ0n) is 18.9.